The number of aryl methyl sites for hydroxylation is 1. The van der Waals surface area contributed by atoms with Gasteiger partial charge in [-0.2, -0.15) is 0 Å². The second-order valence-corrected chi connectivity index (χ2v) is 2.45. The van der Waals surface area contributed by atoms with Crippen molar-refractivity contribution >= 4 is 0 Å². The van der Waals surface area contributed by atoms with Crippen molar-refractivity contribution in [2.24, 2.45) is 0 Å². The molecule has 3 nitrogen and oxygen atoms in total. The Kier molecular flexibility index (Phi) is 3.54. The molecule has 0 atom stereocenters. The highest BCUT2D eigenvalue weighted by Crippen LogP contribution is 2.09. The lowest BCUT2D eigenvalue weighted by Crippen LogP contribution is -2.02. The van der Waals surface area contributed by atoms with Gasteiger partial charge in [0.15, 0.2) is 6.79 Å². The van der Waals surface area contributed by atoms with Gasteiger partial charge in [0.05, 0.1) is 6.20 Å². The Bertz CT molecular complexity index is 238. The van der Waals surface area contributed by atoms with E-state index in [4.69, 9.17) is 9.47 Å². The third-order valence-electron chi connectivity index (χ3n) is 1.36. The monoisotopic (exact) mass is 167 g/mol. The van der Waals surface area contributed by atoms with Gasteiger partial charge in [0.2, 0.25) is 0 Å². The SMILES string of the molecule is CCOCOc1cncc(C)c1. The van der Waals surface area contributed by atoms with Crippen LogP contribution in [0.15, 0.2) is 18.5 Å². The second kappa shape index (κ2) is 4.72. The molecule has 0 bridgehead atoms. The summed E-state index contributed by atoms with van der Waals surface area (Å²) >= 11 is 0. The van der Waals surface area contributed by atoms with Gasteiger partial charge in [-0.1, -0.05) is 0 Å². The van der Waals surface area contributed by atoms with Crippen molar-refractivity contribution in [2.75, 3.05) is 13.4 Å². The van der Waals surface area contributed by atoms with Gasteiger partial charge in [0.25, 0.3) is 0 Å². The third-order valence-corrected chi connectivity index (χ3v) is 1.36. The summed E-state index contributed by atoms with van der Waals surface area (Å²) in [6.07, 6.45) is 3.46. The number of ether oxygens (including phenoxy) is 2. The van der Waals surface area contributed by atoms with Crippen molar-refractivity contribution in [1.29, 1.82) is 0 Å². The van der Waals surface area contributed by atoms with E-state index in [1.807, 2.05) is 19.9 Å². The molecule has 12 heavy (non-hydrogen) atoms. The smallest absolute Gasteiger partial charge is 0.189 e. The fraction of sp³-hybridized carbons (Fsp3) is 0.444. The van der Waals surface area contributed by atoms with Crippen molar-refractivity contribution in [3.05, 3.63) is 24.0 Å². The molecule has 0 fully saturated rings. The minimum Gasteiger partial charge on any atom is -0.466 e. The number of pyridine rings is 1. The highest BCUT2D eigenvalue weighted by Gasteiger charge is 1.92. The first-order valence-electron chi connectivity index (χ1n) is 3.95. The summed E-state index contributed by atoms with van der Waals surface area (Å²) in [6.45, 7) is 4.86. The Morgan fingerprint density at radius 3 is 2.92 bits per heavy atom. The number of rotatable bonds is 4. The zero-order valence-electron chi connectivity index (χ0n) is 7.41. The van der Waals surface area contributed by atoms with Gasteiger partial charge in [-0.05, 0) is 25.5 Å². The molecule has 0 spiro atoms. The summed E-state index contributed by atoms with van der Waals surface area (Å²) < 4.78 is 10.3. The van der Waals surface area contributed by atoms with Gasteiger partial charge in [0, 0.05) is 12.8 Å². The van der Waals surface area contributed by atoms with Crippen LogP contribution in [0.1, 0.15) is 12.5 Å². The van der Waals surface area contributed by atoms with Crippen molar-refractivity contribution in [1.82, 2.24) is 4.98 Å². The zero-order chi connectivity index (χ0) is 8.81. The quantitative estimate of drug-likeness (QED) is 0.506. The van der Waals surface area contributed by atoms with E-state index in [1.54, 1.807) is 12.4 Å². The normalized spacial score (nSPS) is 9.83. The summed E-state index contributed by atoms with van der Waals surface area (Å²) in [6, 6.07) is 1.92. The summed E-state index contributed by atoms with van der Waals surface area (Å²) in [5.74, 6) is 0.753. The van der Waals surface area contributed by atoms with Crippen LogP contribution in [-0.4, -0.2) is 18.4 Å². The topological polar surface area (TPSA) is 31.4 Å². The van der Waals surface area contributed by atoms with Crippen LogP contribution in [0, 0.1) is 6.92 Å². The molecule has 0 aliphatic carbocycles. The summed E-state index contributed by atoms with van der Waals surface area (Å²) in [4.78, 5) is 3.98. The maximum absolute atomic E-state index is 5.24. The van der Waals surface area contributed by atoms with Gasteiger partial charge in [-0.25, -0.2) is 0 Å². The van der Waals surface area contributed by atoms with Crippen LogP contribution in [0.2, 0.25) is 0 Å². The highest BCUT2D eigenvalue weighted by atomic mass is 16.7. The standard InChI is InChI=1S/C9H13NO2/c1-3-11-7-12-9-4-8(2)5-10-6-9/h4-6H,3,7H2,1-2H3. The predicted molar refractivity (Wildman–Crippen MR) is 46.1 cm³/mol. The van der Waals surface area contributed by atoms with Crippen LogP contribution in [0.25, 0.3) is 0 Å². The first-order chi connectivity index (χ1) is 5.83. The molecule has 0 unspecified atom stereocenters. The van der Waals surface area contributed by atoms with Crippen molar-refractivity contribution in [3.8, 4) is 5.75 Å². The first-order valence-corrected chi connectivity index (χ1v) is 3.95. The first kappa shape index (κ1) is 9.00. The summed E-state index contributed by atoms with van der Waals surface area (Å²) in [7, 11) is 0. The van der Waals surface area contributed by atoms with Gasteiger partial charge >= 0.3 is 0 Å². The van der Waals surface area contributed by atoms with Crippen LogP contribution in [-0.2, 0) is 4.74 Å². The predicted octanol–water partition coefficient (Wildman–Crippen LogP) is 1.76. The molecule has 0 radical (unpaired) electrons. The number of hydrogen-bond acceptors (Lipinski definition) is 3. The fourth-order valence-corrected chi connectivity index (χ4v) is 0.799. The Hall–Kier alpha value is -1.09. The average molecular weight is 167 g/mol. The van der Waals surface area contributed by atoms with Crippen LogP contribution < -0.4 is 4.74 Å². The molecule has 66 valence electrons. The van der Waals surface area contributed by atoms with E-state index in [0.717, 1.165) is 11.3 Å². The Labute approximate surface area is 72.3 Å². The molecule has 0 saturated carbocycles. The molecule has 3 heteroatoms. The highest BCUT2D eigenvalue weighted by molar-refractivity contribution is 5.21. The van der Waals surface area contributed by atoms with Gasteiger partial charge < -0.3 is 9.47 Å². The summed E-state index contributed by atoms with van der Waals surface area (Å²) in [5, 5.41) is 0. The number of hydrogen-bond donors (Lipinski definition) is 0. The average Bonchev–Trinajstić information content (AvgIpc) is 2.05. The molecule has 0 aliphatic rings. The minimum absolute atomic E-state index is 0.293. The maximum atomic E-state index is 5.24. The molecule has 0 aliphatic heterocycles. The molecule has 1 aromatic heterocycles. The van der Waals surface area contributed by atoms with Crippen LogP contribution in [0.3, 0.4) is 0 Å². The van der Waals surface area contributed by atoms with Gasteiger partial charge in [-0.15, -0.1) is 0 Å². The molecule has 1 heterocycles. The summed E-state index contributed by atoms with van der Waals surface area (Å²) in [5.41, 5.74) is 1.09. The van der Waals surface area contributed by atoms with E-state index < -0.39 is 0 Å². The molecule has 0 amide bonds. The lowest BCUT2D eigenvalue weighted by molar-refractivity contribution is 0.0222. The molecule has 0 saturated heterocycles. The third kappa shape index (κ3) is 2.88. The Balaban J connectivity index is 2.41. The van der Waals surface area contributed by atoms with Crippen LogP contribution in [0.4, 0.5) is 0 Å². The number of aromatic nitrogens is 1. The van der Waals surface area contributed by atoms with E-state index in [9.17, 15) is 0 Å². The fourth-order valence-electron chi connectivity index (χ4n) is 0.799. The molecule has 1 aromatic rings. The largest absolute Gasteiger partial charge is 0.466 e. The van der Waals surface area contributed by atoms with Gasteiger partial charge in [-0.3, -0.25) is 4.98 Å². The van der Waals surface area contributed by atoms with Crippen molar-refractivity contribution in [2.45, 2.75) is 13.8 Å². The van der Waals surface area contributed by atoms with E-state index >= 15 is 0 Å². The van der Waals surface area contributed by atoms with Crippen LogP contribution >= 0.6 is 0 Å². The van der Waals surface area contributed by atoms with E-state index in [1.165, 1.54) is 0 Å². The van der Waals surface area contributed by atoms with E-state index in [0.29, 0.717) is 13.4 Å². The Morgan fingerprint density at radius 1 is 1.42 bits per heavy atom. The zero-order valence-corrected chi connectivity index (χ0v) is 7.41. The Morgan fingerprint density at radius 2 is 2.25 bits per heavy atom. The second-order valence-electron chi connectivity index (χ2n) is 2.45. The van der Waals surface area contributed by atoms with Crippen molar-refractivity contribution < 1.29 is 9.47 Å². The lowest BCUT2D eigenvalue weighted by atomic mass is 10.3. The molecular weight excluding hydrogens is 154 g/mol. The van der Waals surface area contributed by atoms with Crippen LogP contribution in [0.5, 0.6) is 5.75 Å². The maximum Gasteiger partial charge on any atom is 0.189 e. The lowest BCUT2D eigenvalue weighted by Gasteiger charge is -2.04. The molecular formula is C9H13NO2. The number of nitrogens with zero attached hydrogens (tertiary/aromatic N) is 1. The molecule has 0 N–H and O–H groups in total. The molecule has 0 aromatic carbocycles. The van der Waals surface area contributed by atoms with E-state index in [2.05, 4.69) is 4.98 Å². The van der Waals surface area contributed by atoms with E-state index in [-0.39, 0.29) is 0 Å². The molecule has 1 rings (SSSR count). The van der Waals surface area contributed by atoms with Crippen molar-refractivity contribution in [3.63, 3.8) is 0 Å². The minimum atomic E-state index is 0.293. The van der Waals surface area contributed by atoms with Gasteiger partial charge in [0.1, 0.15) is 5.75 Å².